The van der Waals surface area contributed by atoms with Gasteiger partial charge in [-0.1, -0.05) is 30.3 Å². The maximum atomic E-state index is 12.4. The van der Waals surface area contributed by atoms with Gasteiger partial charge in [0.05, 0.1) is 6.54 Å². The van der Waals surface area contributed by atoms with Crippen LogP contribution in [0, 0.1) is 0 Å². The van der Waals surface area contributed by atoms with Crippen LogP contribution in [-0.2, 0) is 4.79 Å². The molecule has 0 spiro atoms. The first-order chi connectivity index (χ1) is 11.7. The first kappa shape index (κ1) is 16.8. The number of likely N-dealkylation sites (tertiary alicyclic amines) is 2. The molecule has 2 fully saturated rings. The van der Waals surface area contributed by atoms with E-state index in [4.69, 9.17) is 0 Å². The second kappa shape index (κ2) is 8.18. The summed E-state index contributed by atoms with van der Waals surface area (Å²) >= 11 is 0. The van der Waals surface area contributed by atoms with Gasteiger partial charge in [-0.3, -0.25) is 4.79 Å². The van der Waals surface area contributed by atoms with E-state index < -0.39 is 0 Å². The van der Waals surface area contributed by atoms with Crippen LogP contribution in [0.1, 0.15) is 43.6 Å². The number of urea groups is 1. The molecule has 0 unspecified atom stereocenters. The molecule has 2 heterocycles. The number of carbonyl (C=O) groups excluding carboxylic acids is 2. The molecule has 3 rings (SSSR count). The maximum Gasteiger partial charge on any atom is 0.317 e. The summed E-state index contributed by atoms with van der Waals surface area (Å²) in [6.07, 6.45) is 5.25. The Morgan fingerprint density at radius 2 is 1.62 bits per heavy atom. The Balaban J connectivity index is 1.46. The van der Waals surface area contributed by atoms with Gasteiger partial charge >= 0.3 is 6.03 Å². The smallest absolute Gasteiger partial charge is 0.317 e. The third-order valence-corrected chi connectivity index (χ3v) is 5.14. The van der Waals surface area contributed by atoms with Crippen molar-refractivity contribution in [2.45, 2.75) is 38.0 Å². The molecular weight excluding hydrogens is 302 g/mol. The number of hydrogen-bond acceptors (Lipinski definition) is 2. The van der Waals surface area contributed by atoms with Gasteiger partial charge in [0.25, 0.3) is 0 Å². The molecule has 0 aromatic heterocycles. The fourth-order valence-electron chi connectivity index (χ4n) is 3.70. The van der Waals surface area contributed by atoms with Crippen molar-refractivity contribution in [2.24, 2.45) is 0 Å². The van der Waals surface area contributed by atoms with Gasteiger partial charge in [0.2, 0.25) is 5.91 Å². The zero-order chi connectivity index (χ0) is 16.8. The van der Waals surface area contributed by atoms with E-state index in [0.717, 1.165) is 58.3 Å². The van der Waals surface area contributed by atoms with Gasteiger partial charge in [-0.15, -0.1) is 0 Å². The summed E-state index contributed by atoms with van der Waals surface area (Å²) in [4.78, 5) is 28.1. The molecule has 0 bridgehead atoms. The summed E-state index contributed by atoms with van der Waals surface area (Å²) in [6, 6.07) is 10.4. The fraction of sp³-hybridized carbons (Fsp3) is 0.579. The van der Waals surface area contributed by atoms with Crippen molar-refractivity contribution in [1.29, 1.82) is 0 Å². The third kappa shape index (κ3) is 4.28. The monoisotopic (exact) mass is 329 g/mol. The van der Waals surface area contributed by atoms with Crippen molar-refractivity contribution in [2.75, 3.05) is 32.7 Å². The average molecular weight is 329 g/mol. The third-order valence-electron chi connectivity index (χ3n) is 5.14. The lowest BCUT2D eigenvalue weighted by Crippen LogP contribution is -2.45. The molecule has 130 valence electrons. The van der Waals surface area contributed by atoms with Crippen LogP contribution in [0.15, 0.2) is 30.3 Å². The second-order valence-corrected chi connectivity index (χ2v) is 6.77. The summed E-state index contributed by atoms with van der Waals surface area (Å²) in [5.74, 6) is 0.563. The Labute approximate surface area is 144 Å². The van der Waals surface area contributed by atoms with Crippen LogP contribution >= 0.6 is 0 Å². The fourth-order valence-corrected chi connectivity index (χ4v) is 3.70. The van der Waals surface area contributed by atoms with Crippen molar-refractivity contribution in [1.82, 2.24) is 15.1 Å². The SMILES string of the molecule is O=C(CNC(=O)N1CCC[C@@H](c2ccccc2)CC1)N1CCCC1. The Bertz CT molecular complexity index is 555. The first-order valence-corrected chi connectivity index (χ1v) is 9.09. The predicted octanol–water partition coefficient (Wildman–Crippen LogP) is 2.59. The zero-order valence-electron chi connectivity index (χ0n) is 14.2. The molecule has 2 saturated heterocycles. The summed E-state index contributed by atoms with van der Waals surface area (Å²) in [7, 11) is 0. The van der Waals surface area contributed by atoms with Gasteiger partial charge in [0.15, 0.2) is 0 Å². The Morgan fingerprint density at radius 3 is 2.38 bits per heavy atom. The predicted molar refractivity (Wildman–Crippen MR) is 93.8 cm³/mol. The molecule has 1 atom stereocenters. The second-order valence-electron chi connectivity index (χ2n) is 6.77. The molecule has 0 aliphatic carbocycles. The minimum absolute atomic E-state index is 0.0397. The summed E-state index contributed by atoms with van der Waals surface area (Å²) in [5.41, 5.74) is 1.36. The highest BCUT2D eigenvalue weighted by atomic mass is 16.2. The van der Waals surface area contributed by atoms with Crippen LogP contribution in [0.4, 0.5) is 4.79 Å². The molecule has 2 aliphatic rings. The van der Waals surface area contributed by atoms with E-state index in [-0.39, 0.29) is 18.5 Å². The highest BCUT2D eigenvalue weighted by Crippen LogP contribution is 2.27. The molecule has 24 heavy (non-hydrogen) atoms. The molecule has 1 aromatic carbocycles. The number of nitrogens with zero attached hydrogens (tertiary/aromatic N) is 2. The molecule has 2 aliphatic heterocycles. The Morgan fingerprint density at radius 1 is 0.917 bits per heavy atom. The lowest BCUT2D eigenvalue weighted by Gasteiger charge is -2.22. The molecule has 0 radical (unpaired) electrons. The molecule has 5 nitrogen and oxygen atoms in total. The highest BCUT2D eigenvalue weighted by Gasteiger charge is 2.23. The van der Waals surface area contributed by atoms with Gasteiger partial charge in [-0.05, 0) is 43.6 Å². The number of rotatable bonds is 3. The van der Waals surface area contributed by atoms with E-state index in [1.165, 1.54) is 5.56 Å². The van der Waals surface area contributed by atoms with Crippen LogP contribution in [0.25, 0.3) is 0 Å². The lowest BCUT2D eigenvalue weighted by molar-refractivity contribution is -0.129. The minimum Gasteiger partial charge on any atom is -0.341 e. The van der Waals surface area contributed by atoms with E-state index >= 15 is 0 Å². The van der Waals surface area contributed by atoms with Crippen molar-refractivity contribution >= 4 is 11.9 Å². The van der Waals surface area contributed by atoms with Crippen LogP contribution in [-0.4, -0.2) is 54.5 Å². The van der Waals surface area contributed by atoms with Crippen molar-refractivity contribution in [3.05, 3.63) is 35.9 Å². The van der Waals surface area contributed by atoms with Crippen LogP contribution in [0.2, 0.25) is 0 Å². The number of nitrogens with one attached hydrogen (secondary N) is 1. The molecule has 5 heteroatoms. The van der Waals surface area contributed by atoms with Crippen molar-refractivity contribution in [3.63, 3.8) is 0 Å². The normalized spacial score (nSPS) is 21.4. The van der Waals surface area contributed by atoms with E-state index in [2.05, 4.69) is 29.6 Å². The molecule has 1 N–H and O–H groups in total. The van der Waals surface area contributed by atoms with Gasteiger partial charge < -0.3 is 15.1 Å². The summed E-state index contributed by atoms with van der Waals surface area (Å²) < 4.78 is 0. The number of benzene rings is 1. The topological polar surface area (TPSA) is 52.7 Å². The zero-order valence-corrected chi connectivity index (χ0v) is 14.2. The van der Waals surface area contributed by atoms with Crippen LogP contribution in [0.3, 0.4) is 0 Å². The standard InChI is InChI=1S/C19H27N3O2/c23-18(21-11-4-5-12-21)15-20-19(24)22-13-6-9-17(10-14-22)16-7-2-1-3-8-16/h1-3,7-8,17H,4-6,9-15H2,(H,20,24)/t17-/m1/s1. The molecule has 3 amide bonds. The van der Waals surface area contributed by atoms with E-state index in [1.807, 2.05) is 15.9 Å². The van der Waals surface area contributed by atoms with E-state index in [1.54, 1.807) is 0 Å². The molecule has 1 aromatic rings. The highest BCUT2D eigenvalue weighted by molar-refractivity contribution is 5.84. The molecule has 0 saturated carbocycles. The van der Waals surface area contributed by atoms with Crippen LogP contribution < -0.4 is 5.32 Å². The van der Waals surface area contributed by atoms with Gasteiger partial charge in [-0.2, -0.15) is 0 Å². The first-order valence-electron chi connectivity index (χ1n) is 9.09. The Hall–Kier alpha value is -2.04. The van der Waals surface area contributed by atoms with Gasteiger partial charge in [0.1, 0.15) is 0 Å². The largest absolute Gasteiger partial charge is 0.341 e. The lowest BCUT2D eigenvalue weighted by atomic mass is 9.92. The number of hydrogen-bond donors (Lipinski definition) is 1. The Kier molecular flexibility index (Phi) is 5.72. The quantitative estimate of drug-likeness (QED) is 0.927. The summed E-state index contributed by atoms with van der Waals surface area (Å²) in [5, 5.41) is 2.81. The average Bonchev–Trinajstić information content (AvgIpc) is 3.05. The minimum atomic E-state index is -0.101. The van der Waals surface area contributed by atoms with E-state index in [0.29, 0.717) is 5.92 Å². The van der Waals surface area contributed by atoms with Crippen molar-refractivity contribution in [3.8, 4) is 0 Å². The molecular formula is C19H27N3O2. The van der Waals surface area contributed by atoms with Gasteiger partial charge in [0, 0.05) is 26.2 Å². The summed E-state index contributed by atoms with van der Waals surface area (Å²) in [6.45, 7) is 3.31. The van der Waals surface area contributed by atoms with Crippen molar-refractivity contribution < 1.29 is 9.59 Å². The van der Waals surface area contributed by atoms with Gasteiger partial charge in [-0.25, -0.2) is 4.79 Å². The van der Waals surface area contributed by atoms with E-state index in [9.17, 15) is 9.59 Å². The van der Waals surface area contributed by atoms with Crippen LogP contribution in [0.5, 0.6) is 0 Å². The number of carbonyl (C=O) groups is 2. The number of amides is 3. The maximum absolute atomic E-state index is 12.4.